The molecule has 0 fully saturated rings. The fourth-order valence-corrected chi connectivity index (χ4v) is 3.35. The number of rotatable bonds is 9. The zero-order chi connectivity index (χ0) is 16.4. The van der Waals surface area contributed by atoms with Crippen molar-refractivity contribution < 1.29 is 12.8 Å². The molecule has 0 unspecified atom stereocenters. The predicted octanol–water partition coefficient (Wildman–Crippen LogP) is 1.01. The van der Waals surface area contributed by atoms with E-state index in [-0.39, 0.29) is 5.75 Å². The van der Waals surface area contributed by atoms with Gasteiger partial charge in [-0.2, -0.15) is 0 Å². The lowest BCUT2D eigenvalue weighted by Gasteiger charge is -2.19. The molecule has 0 radical (unpaired) electrons. The van der Waals surface area contributed by atoms with Crippen molar-refractivity contribution >= 4 is 16.0 Å². The van der Waals surface area contributed by atoms with Crippen LogP contribution in [-0.4, -0.2) is 50.6 Å². The lowest BCUT2D eigenvalue weighted by atomic mass is 10.4. The molecule has 0 saturated carbocycles. The monoisotopic (exact) mass is 330 g/mol. The largest absolute Gasteiger partial charge is 0.467 e. The molecule has 0 amide bonds. The van der Waals surface area contributed by atoms with Crippen molar-refractivity contribution in [1.82, 2.24) is 14.9 Å². The first kappa shape index (κ1) is 18.5. The van der Waals surface area contributed by atoms with Gasteiger partial charge in [0.25, 0.3) is 0 Å². The summed E-state index contributed by atoms with van der Waals surface area (Å²) in [6, 6.07) is 3.65. The van der Waals surface area contributed by atoms with E-state index in [0.29, 0.717) is 38.7 Å². The van der Waals surface area contributed by atoms with Crippen LogP contribution in [0.15, 0.2) is 27.8 Å². The molecule has 1 aromatic rings. The van der Waals surface area contributed by atoms with Crippen molar-refractivity contribution in [2.75, 3.05) is 31.9 Å². The van der Waals surface area contributed by atoms with Crippen LogP contribution in [0.5, 0.6) is 0 Å². The van der Waals surface area contributed by atoms with Gasteiger partial charge in [-0.15, -0.1) is 0 Å². The Balaban J connectivity index is 2.52. The molecule has 7 nitrogen and oxygen atoms in total. The maximum Gasteiger partial charge on any atom is 0.215 e. The molecular weight excluding hydrogens is 304 g/mol. The highest BCUT2D eigenvalue weighted by Gasteiger charge is 2.18. The van der Waals surface area contributed by atoms with Crippen LogP contribution in [0.1, 0.15) is 26.5 Å². The quantitative estimate of drug-likeness (QED) is 0.521. The van der Waals surface area contributed by atoms with Gasteiger partial charge in [-0.3, -0.25) is 0 Å². The number of furan rings is 1. The Kier molecular flexibility index (Phi) is 7.97. The second kappa shape index (κ2) is 9.47. The first-order valence-corrected chi connectivity index (χ1v) is 9.16. The summed E-state index contributed by atoms with van der Waals surface area (Å²) in [6.07, 6.45) is 1.60. The van der Waals surface area contributed by atoms with Crippen molar-refractivity contribution in [2.45, 2.75) is 27.3 Å². The molecule has 22 heavy (non-hydrogen) atoms. The van der Waals surface area contributed by atoms with Crippen LogP contribution in [-0.2, 0) is 16.6 Å². The molecule has 0 aliphatic carbocycles. The van der Waals surface area contributed by atoms with Gasteiger partial charge in [0.2, 0.25) is 10.0 Å². The van der Waals surface area contributed by atoms with Gasteiger partial charge in [0.1, 0.15) is 12.3 Å². The Morgan fingerprint density at radius 1 is 1.27 bits per heavy atom. The fourth-order valence-electron chi connectivity index (χ4n) is 1.95. The molecule has 0 saturated heterocycles. The Morgan fingerprint density at radius 2 is 2.00 bits per heavy atom. The van der Waals surface area contributed by atoms with Crippen LogP contribution < -0.4 is 10.6 Å². The van der Waals surface area contributed by atoms with Crippen LogP contribution in [0.2, 0.25) is 0 Å². The van der Waals surface area contributed by atoms with E-state index in [4.69, 9.17) is 4.42 Å². The third-order valence-electron chi connectivity index (χ3n) is 3.07. The Hall–Kier alpha value is -1.54. The zero-order valence-corrected chi connectivity index (χ0v) is 14.3. The number of aliphatic imine (C=N–C) groups is 1. The third kappa shape index (κ3) is 6.07. The molecule has 0 aromatic carbocycles. The maximum atomic E-state index is 12.1. The van der Waals surface area contributed by atoms with E-state index in [1.807, 2.05) is 32.9 Å². The second-order valence-corrected chi connectivity index (χ2v) is 6.69. The van der Waals surface area contributed by atoms with Gasteiger partial charge >= 0.3 is 0 Å². The maximum absolute atomic E-state index is 12.1. The van der Waals surface area contributed by atoms with E-state index in [0.717, 1.165) is 5.76 Å². The van der Waals surface area contributed by atoms with Gasteiger partial charge in [-0.05, 0) is 19.1 Å². The molecule has 1 aromatic heterocycles. The molecule has 126 valence electrons. The molecular formula is C14H26N4O3S. The molecule has 8 heteroatoms. The zero-order valence-electron chi connectivity index (χ0n) is 13.5. The number of hydrogen-bond acceptors (Lipinski definition) is 4. The summed E-state index contributed by atoms with van der Waals surface area (Å²) in [5.74, 6) is 1.38. The van der Waals surface area contributed by atoms with Crippen LogP contribution in [0.3, 0.4) is 0 Å². The van der Waals surface area contributed by atoms with E-state index >= 15 is 0 Å². The number of nitrogens with zero attached hydrogens (tertiary/aromatic N) is 2. The smallest absolute Gasteiger partial charge is 0.215 e. The summed E-state index contributed by atoms with van der Waals surface area (Å²) >= 11 is 0. The summed E-state index contributed by atoms with van der Waals surface area (Å²) in [5, 5.41) is 6.11. The van der Waals surface area contributed by atoms with Crippen molar-refractivity contribution in [3.63, 3.8) is 0 Å². The first-order chi connectivity index (χ1) is 10.5. The normalized spacial score (nSPS) is 12.6. The highest BCUT2D eigenvalue weighted by molar-refractivity contribution is 7.89. The summed E-state index contributed by atoms with van der Waals surface area (Å²) < 4.78 is 30.9. The van der Waals surface area contributed by atoms with Crippen molar-refractivity contribution in [3.05, 3.63) is 24.2 Å². The Morgan fingerprint density at radius 3 is 2.55 bits per heavy atom. The number of nitrogens with one attached hydrogen (secondary N) is 2. The molecule has 0 spiro atoms. The number of guanidine groups is 1. The summed E-state index contributed by atoms with van der Waals surface area (Å²) in [7, 11) is -3.22. The fraction of sp³-hybridized carbons (Fsp3) is 0.643. The highest BCUT2D eigenvalue weighted by atomic mass is 32.2. The molecule has 0 aliphatic heterocycles. The molecule has 0 aliphatic rings. The van der Waals surface area contributed by atoms with E-state index in [9.17, 15) is 8.42 Å². The minimum atomic E-state index is -3.22. The van der Waals surface area contributed by atoms with Gasteiger partial charge in [-0.25, -0.2) is 17.7 Å². The number of sulfonamides is 1. The number of hydrogen-bond donors (Lipinski definition) is 2. The van der Waals surface area contributed by atoms with Gasteiger partial charge in [0, 0.05) is 26.2 Å². The molecule has 1 rings (SSSR count). The van der Waals surface area contributed by atoms with E-state index < -0.39 is 10.0 Å². The average Bonchev–Trinajstić information content (AvgIpc) is 2.99. The van der Waals surface area contributed by atoms with E-state index in [2.05, 4.69) is 15.6 Å². The second-order valence-electron chi connectivity index (χ2n) is 4.60. The van der Waals surface area contributed by atoms with Crippen LogP contribution in [0, 0.1) is 0 Å². The standard InChI is InChI=1S/C14H26N4O3S/c1-4-15-14(17-12-13-8-7-10-21-13)16-9-11-22(19,20)18(5-2)6-3/h7-8,10H,4-6,9,11-12H2,1-3H3,(H2,15,16,17). The topological polar surface area (TPSA) is 86.9 Å². The third-order valence-corrected chi connectivity index (χ3v) is 5.09. The van der Waals surface area contributed by atoms with Gasteiger partial charge in [0.15, 0.2) is 5.96 Å². The van der Waals surface area contributed by atoms with Crippen LogP contribution >= 0.6 is 0 Å². The average molecular weight is 330 g/mol. The molecule has 0 bridgehead atoms. The minimum Gasteiger partial charge on any atom is -0.467 e. The van der Waals surface area contributed by atoms with E-state index in [1.165, 1.54) is 4.31 Å². The van der Waals surface area contributed by atoms with Gasteiger partial charge in [-0.1, -0.05) is 13.8 Å². The highest BCUT2D eigenvalue weighted by Crippen LogP contribution is 2.01. The van der Waals surface area contributed by atoms with Crippen LogP contribution in [0.25, 0.3) is 0 Å². The molecule has 1 heterocycles. The summed E-state index contributed by atoms with van der Waals surface area (Å²) in [5.41, 5.74) is 0. The first-order valence-electron chi connectivity index (χ1n) is 7.55. The Bertz CT molecular complexity index is 536. The van der Waals surface area contributed by atoms with E-state index in [1.54, 1.807) is 6.26 Å². The summed E-state index contributed by atoms with van der Waals surface area (Å²) in [4.78, 5) is 4.35. The molecule has 2 N–H and O–H groups in total. The summed E-state index contributed by atoms with van der Waals surface area (Å²) in [6.45, 7) is 8.03. The lowest BCUT2D eigenvalue weighted by Crippen LogP contribution is -2.42. The molecule has 0 atom stereocenters. The minimum absolute atomic E-state index is 0.0415. The van der Waals surface area contributed by atoms with Gasteiger partial charge < -0.3 is 15.1 Å². The SMILES string of the molecule is CCNC(=NCc1ccco1)NCCS(=O)(=O)N(CC)CC. The van der Waals surface area contributed by atoms with Crippen molar-refractivity contribution in [2.24, 2.45) is 4.99 Å². The van der Waals surface area contributed by atoms with Gasteiger partial charge in [0.05, 0.1) is 12.0 Å². The van der Waals surface area contributed by atoms with Crippen molar-refractivity contribution in [3.8, 4) is 0 Å². The van der Waals surface area contributed by atoms with Crippen LogP contribution in [0.4, 0.5) is 0 Å². The lowest BCUT2D eigenvalue weighted by molar-refractivity contribution is 0.445. The Labute approximate surface area is 132 Å². The predicted molar refractivity (Wildman–Crippen MR) is 88.2 cm³/mol. The van der Waals surface area contributed by atoms with Crippen molar-refractivity contribution in [1.29, 1.82) is 0 Å².